The number of nitro benzene ring substituents is 1. The Hall–Kier alpha value is -3.48. The average molecular weight is 317 g/mol. The zero-order valence-electron chi connectivity index (χ0n) is 12.7. The zero-order chi connectivity index (χ0) is 16.7. The maximum atomic E-state index is 11.4. The van der Waals surface area contributed by atoms with Crippen LogP contribution in [0.25, 0.3) is 33.1 Å². The first-order valence-corrected chi connectivity index (χ1v) is 7.26. The van der Waals surface area contributed by atoms with Crippen molar-refractivity contribution in [3.63, 3.8) is 0 Å². The number of nitro groups is 1. The number of rotatable bonds is 2. The SMILES string of the molecule is Cc1cnc2c(cc([N+](=O)[O-])c3nncc32)c(-c2ccccc2)n1. The molecule has 0 radical (unpaired) electrons. The van der Waals surface area contributed by atoms with Gasteiger partial charge in [-0.25, -0.2) is 0 Å². The van der Waals surface area contributed by atoms with Crippen LogP contribution >= 0.6 is 0 Å². The molecule has 0 N–H and O–H groups in total. The van der Waals surface area contributed by atoms with Gasteiger partial charge in [-0.15, -0.1) is 5.10 Å². The fraction of sp³-hybridized carbons (Fsp3) is 0.0588. The van der Waals surface area contributed by atoms with Crippen molar-refractivity contribution < 1.29 is 4.92 Å². The van der Waals surface area contributed by atoms with E-state index in [4.69, 9.17) is 0 Å². The van der Waals surface area contributed by atoms with E-state index >= 15 is 0 Å². The van der Waals surface area contributed by atoms with Crippen LogP contribution in [0.15, 0.2) is 48.8 Å². The Labute approximate surface area is 136 Å². The van der Waals surface area contributed by atoms with Crippen molar-refractivity contribution in [3.8, 4) is 11.3 Å². The van der Waals surface area contributed by atoms with Gasteiger partial charge in [-0.2, -0.15) is 5.10 Å². The van der Waals surface area contributed by atoms with Crippen molar-refractivity contribution in [3.05, 3.63) is 64.6 Å². The van der Waals surface area contributed by atoms with Crippen LogP contribution in [0.4, 0.5) is 5.69 Å². The number of benzene rings is 2. The van der Waals surface area contributed by atoms with Crippen LogP contribution in [-0.4, -0.2) is 25.1 Å². The summed E-state index contributed by atoms with van der Waals surface area (Å²) in [7, 11) is 0. The third kappa shape index (κ3) is 2.14. The fourth-order valence-corrected chi connectivity index (χ4v) is 2.74. The lowest BCUT2D eigenvalue weighted by atomic mass is 10.0. The van der Waals surface area contributed by atoms with Gasteiger partial charge in [0, 0.05) is 23.2 Å². The second kappa shape index (κ2) is 5.31. The molecule has 0 saturated heterocycles. The van der Waals surface area contributed by atoms with Crippen LogP contribution < -0.4 is 0 Å². The fourth-order valence-electron chi connectivity index (χ4n) is 2.74. The first kappa shape index (κ1) is 14.1. The van der Waals surface area contributed by atoms with Crippen LogP contribution in [0.1, 0.15) is 5.69 Å². The van der Waals surface area contributed by atoms with E-state index in [1.165, 1.54) is 12.3 Å². The molecule has 0 spiro atoms. The summed E-state index contributed by atoms with van der Waals surface area (Å²) in [6.07, 6.45) is 3.15. The van der Waals surface area contributed by atoms with Crippen molar-refractivity contribution >= 4 is 27.5 Å². The summed E-state index contributed by atoms with van der Waals surface area (Å²) in [5, 5.41) is 20.3. The minimum atomic E-state index is -0.453. The molecule has 24 heavy (non-hydrogen) atoms. The number of nitrogens with zero attached hydrogens (tertiary/aromatic N) is 5. The molecule has 0 bridgehead atoms. The molecule has 0 amide bonds. The van der Waals surface area contributed by atoms with Gasteiger partial charge in [0.1, 0.15) is 0 Å². The van der Waals surface area contributed by atoms with Crippen LogP contribution in [-0.2, 0) is 0 Å². The zero-order valence-corrected chi connectivity index (χ0v) is 12.7. The van der Waals surface area contributed by atoms with E-state index in [9.17, 15) is 10.1 Å². The number of aromatic nitrogens is 4. The largest absolute Gasteiger partial charge is 0.298 e. The Bertz CT molecular complexity index is 1100. The normalized spacial score (nSPS) is 11.0. The van der Waals surface area contributed by atoms with Gasteiger partial charge in [-0.05, 0) is 6.92 Å². The van der Waals surface area contributed by atoms with E-state index in [-0.39, 0.29) is 11.2 Å². The summed E-state index contributed by atoms with van der Waals surface area (Å²) >= 11 is 0. The van der Waals surface area contributed by atoms with Gasteiger partial charge in [0.25, 0.3) is 5.69 Å². The maximum absolute atomic E-state index is 11.4. The Morgan fingerprint density at radius 2 is 1.83 bits per heavy atom. The highest BCUT2D eigenvalue weighted by Gasteiger charge is 2.20. The van der Waals surface area contributed by atoms with Crippen LogP contribution in [0.5, 0.6) is 0 Å². The molecule has 7 nitrogen and oxygen atoms in total. The van der Waals surface area contributed by atoms with E-state index in [1.54, 1.807) is 6.20 Å². The van der Waals surface area contributed by atoms with Gasteiger partial charge in [-0.3, -0.25) is 20.1 Å². The molecule has 2 aromatic heterocycles. The second-order valence-corrected chi connectivity index (χ2v) is 5.38. The number of aryl methyl sites for hydroxylation is 1. The summed E-state index contributed by atoms with van der Waals surface area (Å²) < 4.78 is 0. The third-order valence-corrected chi connectivity index (χ3v) is 3.80. The van der Waals surface area contributed by atoms with Gasteiger partial charge in [0.05, 0.1) is 33.4 Å². The third-order valence-electron chi connectivity index (χ3n) is 3.80. The predicted octanol–water partition coefficient (Wildman–Crippen LogP) is 3.46. The number of hydrogen-bond donors (Lipinski definition) is 0. The number of fused-ring (bicyclic) bond motifs is 3. The van der Waals surface area contributed by atoms with Crippen molar-refractivity contribution in [2.45, 2.75) is 6.92 Å². The van der Waals surface area contributed by atoms with E-state index in [0.29, 0.717) is 27.7 Å². The molecule has 0 fully saturated rings. The van der Waals surface area contributed by atoms with E-state index in [2.05, 4.69) is 20.2 Å². The molecule has 0 unspecified atom stereocenters. The lowest BCUT2D eigenvalue weighted by Gasteiger charge is -2.03. The molecule has 4 rings (SSSR count). The summed E-state index contributed by atoms with van der Waals surface area (Å²) in [5.41, 5.74) is 2.97. The van der Waals surface area contributed by atoms with Gasteiger partial charge >= 0.3 is 0 Å². The molecule has 0 aliphatic rings. The lowest BCUT2D eigenvalue weighted by molar-refractivity contribution is -0.383. The van der Waals surface area contributed by atoms with Crippen molar-refractivity contribution in [2.75, 3.05) is 0 Å². The molecule has 2 heterocycles. The van der Waals surface area contributed by atoms with Gasteiger partial charge in [-0.1, -0.05) is 30.3 Å². The van der Waals surface area contributed by atoms with E-state index in [0.717, 1.165) is 5.56 Å². The first-order chi connectivity index (χ1) is 11.6. The summed E-state index contributed by atoms with van der Waals surface area (Å²) in [6.45, 7) is 1.84. The van der Waals surface area contributed by atoms with Crippen LogP contribution in [0.2, 0.25) is 0 Å². The van der Waals surface area contributed by atoms with Crippen LogP contribution in [0, 0.1) is 17.0 Å². The van der Waals surface area contributed by atoms with Gasteiger partial charge in [0.2, 0.25) is 0 Å². The molecule has 2 aromatic carbocycles. The minimum absolute atomic E-state index is 0.0976. The van der Waals surface area contributed by atoms with Crippen LogP contribution in [0.3, 0.4) is 0 Å². The molecule has 0 aliphatic heterocycles. The predicted molar refractivity (Wildman–Crippen MR) is 89.5 cm³/mol. The molecular weight excluding hydrogens is 306 g/mol. The maximum Gasteiger partial charge on any atom is 0.298 e. The Morgan fingerprint density at radius 3 is 2.58 bits per heavy atom. The van der Waals surface area contributed by atoms with Gasteiger partial charge in [0.15, 0.2) is 5.52 Å². The average Bonchev–Trinajstić information content (AvgIpc) is 3.01. The Kier molecular flexibility index (Phi) is 3.13. The lowest BCUT2D eigenvalue weighted by Crippen LogP contribution is -1.92. The van der Waals surface area contributed by atoms with E-state index in [1.807, 2.05) is 37.3 Å². The summed E-state index contributed by atoms with van der Waals surface area (Å²) in [6, 6.07) is 11.0. The smallest absolute Gasteiger partial charge is 0.258 e. The minimum Gasteiger partial charge on any atom is -0.258 e. The molecule has 0 atom stereocenters. The molecule has 4 aromatic rings. The number of hydrogen-bond acceptors (Lipinski definition) is 6. The highest BCUT2D eigenvalue weighted by Crippen LogP contribution is 2.34. The number of non-ortho nitro benzene ring substituents is 1. The summed E-state index contributed by atoms with van der Waals surface area (Å²) in [5.74, 6) is 0. The highest BCUT2D eigenvalue weighted by molar-refractivity contribution is 6.11. The molecule has 116 valence electrons. The Balaban J connectivity index is 2.24. The molecule has 0 aliphatic carbocycles. The quantitative estimate of drug-likeness (QED) is 0.415. The molecular formula is C17H11N5O2. The standard InChI is InChI=1S/C17H11N5O2/c1-10-8-18-16-12(15(20-10)11-5-3-2-4-6-11)7-14(22(23)24)17-13(16)9-19-21-17/h2-9H,1H3. The highest BCUT2D eigenvalue weighted by atomic mass is 16.6. The molecule has 7 heteroatoms. The molecule has 0 saturated carbocycles. The Morgan fingerprint density at radius 1 is 1.04 bits per heavy atom. The summed E-state index contributed by atoms with van der Waals surface area (Å²) in [4.78, 5) is 20.1. The van der Waals surface area contributed by atoms with Gasteiger partial charge < -0.3 is 0 Å². The van der Waals surface area contributed by atoms with Crippen molar-refractivity contribution in [1.82, 2.24) is 20.2 Å². The monoisotopic (exact) mass is 317 g/mol. The van der Waals surface area contributed by atoms with Crippen molar-refractivity contribution in [2.24, 2.45) is 0 Å². The van der Waals surface area contributed by atoms with E-state index < -0.39 is 4.92 Å². The first-order valence-electron chi connectivity index (χ1n) is 7.26. The van der Waals surface area contributed by atoms with Crippen molar-refractivity contribution in [1.29, 1.82) is 0 Å². The second-order valence-electron chi connectivity index (χ2n) is 5.38. The topological polar surface area (TPSA) is 94.7 Å².